The van der Waals surface area contributed by atoms with Gasteiger partial charge in [0.15, 0.2) is 11.5 Å². The highest BCUT2D eigenvalue weighted by atomic mass is 32.2. The van der Waals surface area contributed by atoms with E-state index in [9.17, 15) is 9.59 Å². The first-order valence-electron chi connectivity index (χ1n) is 8.16. The van der Waals surface area contributed by atoms with Crippen LogP contribution >= 0.6 is 11.8 Å². The molecule has 0 saturated carbocycles. The molecular formula is C19H19NO5S. The van der Waals surface area contributed by atoms with Gasteiger partial charge in [-0.1, -0.05) is 12.1 Å². The normalized spacial score (nSPS) is 12.5. The van der Waals surface area contributed by atoms with Crippen LogP contribution in [0.2, 0.25) is 0 Å². The van der Waals surface area contributed by atoms with Gasteiger partial charge in [0.25, 0.3) is 0 Å². The number of carboxylic acids is 1. The lowest BCUT2D eigenvalue weighted by atomic mass is 10.1. The van der Waals surface area contributed by atoms with Gasteiger partial charge >= 0.3 is 5.97 Å². The summed E-state index contributed by atoms with van der Waals surface area (Å²) in [6.07, 6.45) is 2.77. The van der Waals surface area contributed by atoms with E-state index in [1.165, 1.54) is 11.8 Å². The number of amides is 1. The summed E-state index contributed by atoms with van der Waals surface area (Å²) in [5, 5.41) is 11.8. The van der Waals surface area contributed by atoms with Gasteiger partial charge in [0, 0.05) is 17.4 Å². The fourth-order valence-corrected chi connectivity index (χ4v) is 3.18. The summed E-state index contributed by atoms with van der Waals surface area (Å²) in [6.45, 7) is 1.01. The van der Waals surface area contributed by atoms with Crippen LogP contribution in [0.5, 0.6) is 11.5 Å². The highest BCUT2D eigenvalue weighted by Gasteiger charge is 2.17. The monoisotopic (exact) mass is 373 g/mol. The number of ether oxygens (including phenoxy) is 2. The topological polar surface area (TPSA) is 84.9 Å². The number of aromatic carboxylic acids is 1. The molecule has 3 rings (SSSR count). The largest absolute Gasteiger partial charge is 0.486 e. The zero-order valence-corrected chi connectivity index (χ0v) is 15.1. The van der Waals surface area contributed by atoms with Crippen molar-refractivity contribution in [1.29, 1.82) is 0 Å². The highest BCUT2D eigenvalue weighted by Crippen LogP contribution is 2.39. The van der Waals surface area contributed by atoms with E-state index in [4.69, 9.17) is 14.6 Å². The fraction of sp³-hybridized carbons (Fsp3) is 0.263. The predicted octanol–water partition coefficient (Wildman–Crippen LogP) is 3.45. The molecule has 2 N–H and O–H groups in total. The van der Waals surface area contributed by atoms with Crippen LogP contribution in [0.25, 0.3) is 0 Å². The standard InChI is InChI=1S/C19H19NO5S/c1-26-17-11-16-15(24-8-9-25-16)10-14(17)20-18(21)7-4-12-2-5-13(6-3-12)19(22)23/h2-3,5-6,10-11H,4,7-9H2,1H3,(H,20,21)(H,22,23). The van der Waals surface area contributed by atoms with Gasteiger partial charge < -0.3 is 19.9 Å². The van der Waals surface area contributed by atoms with Crippen LogP contribution < -0.4 is 14.8 Å². The molecule has 1 heterocycles. The van der Waals surface area contributed by atoms with Crippen molar-refractivity contribution in [2.75, 3.05) is 24.8 Å². The van der Waals surface area contributed by atoms with Crippen LogP contribution in [-0.2, 0) is 11.2 Å². The molecule has 0 saturated heterocycles. The smallest absolute Gasteiger partial charge is 0.335 e. The lowest BCUT2D eigenvalue weighted by molar-refractivity contribution is -0.116. The number of aryl methyl sites for hydroxylation is 1. The zero-order chi connectivity index (χ0) is 18.5. The molecule has 1 amide bonds. The number of carbonyl (C=O) groups is 2. The quantitative estimate of drug-likeness (QED) is 0.755. The SMILES string of the molecule is CSc1cc2c(cc1NC(=O)CCc1ccc(C(=O)O)cc1)OCCO2. The van der Waals surface area contributed by atoms with E-state index >= 15 is 0 Å². The van der Waals surface area contributed by atoms with E-state index in [0.717, 1.165) is 10.5 Å². The Morgan fingerprint density at radius 1 is 1.12 bits per heavy atom. The molecule has 0 aromatic heterocycles. The van der Waals surface area contributed by atoms with Crippen molar-refractivity contribution in [3.8, 4) is 11.5 Å². The first kappa shape index (κ1) is 18.1. The number of benzene rings is 2. The molecular weight excluding hydrogens is 354 g/mol. The summed E-state index contributed by atoms with van der Waals surface area (Å²) in [7, 11) is 0. The van der Waals surface area contributed by atoms with E-state index in [0.29, 0.717) is 43.2 Å². The van der Waals surface area contributed by atoms with Crippen molar-refractivity contribution in [2.45, 2.75) is 17.7 Å². The highest BCUT2D eigenvalue weighted by molar-refractivity contribution is 7.98. The molecule has 2 aromatic rings. The van der Waals surface area contributed by atoms with Crippen molar-refractivity contribution in [2.24, 2.45) is 0 Å². The number of fused-ring (bicyclic) bond motifs is 1. The molecule has 0 atom stereocenters. The van der Waals surface area contributed by atoms with Gasteiger partial charge in [-0.2, -0.15) is 0 Å². The van der Waals surface area contributed by atoms with Crippen LogP contribution in [0, 0.1) is 0 Å². The maximum Gasteiger partial charge on any atom is 0.335 e. The second-order valence-corrected chi connectivity index (χ2v) is 6.59. The van der Waals surface area contributed by atoms with E-state index in [2.05, 4.69) is 5.32 Å². The molecule has 1 aliphatic heterocycles. The summed E-state index contributed by atoms with van der Waals surface area (Å²) in [4.78, 5) is 24.1. The molecule has 136 valence electrons. The molecule has 0 bridgehead atoms. The Labute approximate surface area is 155 Å². The zero-order valence-electron chi connectivity index (χ0n) is 14.3. The number of carboxylic acid groups (broad SMARTS) is 1. The van der Waals surface area contributed by atoms with E-state index in [1.807, 2.05) is 12.3 Å². The lowest BCUT2D eigenvalue weighted by Gasteiger charge is -2.21. The Hall–Kier alpha value is -2.67. The van der Waals surface area contributed by atoms with Gasteiger partial charge in [-0.25, -0.2) is 4.79 Å². The van der Waals surface area contributed by atoms with Crippen LogP contribution in [0.3, 0.4) is 0 Å². The van der Waals surface area contributed by atoms with Crippen LogP contribution in [0.15, 0.2) is 41.3 Å². The second kappa shape index (κ2) is 8.14. The molecule has 7 heteroatoms. The molecule has 0 unspecified atom stereocenters. The number of hydrogen-bond acceptors (Lipinski definition) is 5. The van der Waals surface area contributed by atoms with Crippen molar-refractivity contribution >= 4 is 29.3 Å². The molecule has 0 spiro atoms. The Morgan fingerprint density at radius 3 is 2.38 bits per heavy atom. The number of rotatable bonds is 6. The van der Waals surface area contributed by atoms with E-state index in [-0.39, 0.29) is 11.5 Å². The van der Waals surface area contributed by atoms with Crippen LogP contribution in [0.4, 0.5) is 5.69 Å². The Kier molecular flexibility index (Phi) is 5.68. The third-order valence-corrected chi connectivity index (χ3v) is 4.76. The minimum atomic E-state index is -0.961. The number of nitrogens with one attached hydrogen (secondary N) is 1. The van der Waals surface area contributed by atoms with Crippen molar-refractivity contribution < 1.29 is 24.2 Å². The first-order valence-corrected chi connectivity index (χ1v) is 9.39. The Morgan fingerprint density at radius 2 is 1.77 bits per heavy atom. The number of hydrogen-bond donors (Lipinski definition) is 2. The van der Waals surface area contributed by atoms with Gasteiger partial charge in [-0.3, -0.25) is 4.79 Å². The summed E-state index contributed by atoms with van der Waals surface area (Å²) in [6, 6.07) is 10.2. The molecule has 0 fully saturated rings. The molecule has 0 radical (unpaired) electrons. The second-order valence-electron chi connectivity index (χ2n) is 5.75. The average molecular weight is 373 g/mol. The molecule has 6 nitrogen and oxygen atoms in total. The summed E-state index contributed by atoms with van der Waals surface area (Å²) in [5.41, 5.74) is 1.85. The van der Waals surface area contributed by atoms with Gasteiger partial charge in [0.05, 0.1) is 11.3 Å². The third-order valence-electron chi connectivity index (χ3n) is 3.98. The Balaban J connectivity index is 1.63. The van der Waals surface area contributed by atoms with Gasteiger partial charge in [-0.05, 0) is 36.4 Å². The summed E-state index contributed by atoms with van der Waals surface area (Å²) >= 11 is 1.52. The van der Waals surface area contributed by atoms with Gasteiger partial charge in [0.2, 0.25) is 5.91 Å². The Bertz CT molecular complexity index is 819. The number of anilines is 1. The molecule has 26 heavy (non-hydrogen) atoms. The maximum atomic E-state index is 12.3. The van der Waals surface area contributed by atoms with E-state index < -0.39 is 5.97 Å². The van der Waals surface area contributed by atoms with Crippen LogP contribution in [-0.4, -0.2) is 36.5 Å². The minimum absolute atomic E-state index is 0.112. The van der Waals surface area contributed by atoms with Crippen molar-refractivity contribution in [3.05, 3.63) is 47.5 Å². The third kappa shape index (κ3) is 4.29. The van der Waals surface area contributed by atoms with Crippen LogP contribution in [0.1, 0.15) is 22.3 Å². The van der Waals surface area contributed by atoms with E-state index in [1.54, 1.807) is 30.3 Å². The fourth-order valence-electron chi connectivity index (χ4n) is 2.62. The number of carbonyl (C=O) groups excluding carboxylic acids is 1. The molecule has 0 aliphatic carbocycles. The first-order chi connectivity index (χ1) is 12.6. The molecule has 1 aliphatic rings. The number of thioether (sulfide) groups is 1. The summed E-state index contributed by atoms with van der Waals surface area (Å²) in [5.74, 6) is 0.252. The van der Waals surface area contributed by atoms with Gasteiger partial charge in [-0.15, -0.1) is 11.8 Å². The summed E-state index contributed by atoms with van der Waals surface area (Å²) < 4.78 is 11.1. The minimum Gasteiger partial charge on any atom is -0.486 e. The lowest BCUT2D eigenvalue weighted by Crippen LogP contribution is -2.17. The van der Waals surface area contributed by atoms with Gasteiger partial charge in [0.1, 0.15) is 13.2 Å². The molecule has 2 aromatic carbocycles. The maximum absolute atomic E-state index is 12.3. The van der Waals surface area contributed by atoms with Crippen molar-refractivity contribution in [1.82, 2.24) is 0 Å². The average Bonchev–Trinajstić information content (AvgIpc) is 2.66. The predicted molar refractivity (Wildman–Crippen MR) is 99.6 cm³/mol. The van der Waals surface area contributed by atoms with Crippen molar-refractivity contribution in [3.63, 3.8) is 0 Å².